The van der Waals surface area contributed by atoms with Gasteiger partial charge in [-0.2, -0.15) is 0 Å². The molecule has 0 heterocycles. The van der Waals surface area contributed by atoms with Gasteiger partial charge in [0.2, 0.25) is 0 Å². The first-order chi connectivity index (χ1) is 7.86. The highest BCUT2D eigenvalue weighted by molar-refractivity contribution is 5.89. The molecule has 0 saturated heterocycles. The fourth-order valence-electron chi connectivity index (χ4n) is 1.96. The molecule has 0 bridgehead atoms. The number of hydrogen-bond acceptors (Lipinski definition) is 2. The summed E-state index contributed by atoms with van der Waals surface area (Å²) < 4.78 is 0. The number of ketones is 1. The predicted octanol–water partition coefficient (Wildman–Crippen LogP) is 2.93. The van der Waals surface area contributed by atoms with Crippen molar-refractivity contribution in [2.75, 3.05) is 0 Å². The summed E-state index contributed by atoms with van der Waals surface area (Å²) in [5.41, 5.74) is 8.89. The van der Waals surface area contributed by atoms with Crippen LogP contribution in [-0.2, 0) is 11.2 Å². The van der Waals surface area contributed by atoms with Crippen LogP contribution in [0.25, 0.3) is 0 Å². The minimum Gasteiger partial charge on any atom is -0.319 e. The van der Waals surface area contributed by atoms with Gasteiger partial charge >= 0.3 is 0 Å². The van der Waals surface area contributed by atoms with Crippen molar-refractivity contribution in [2.24, 2.45) is 5.73 Å². The van der Waals surface area contributed by atoms with Crippen LogP contribution in [0, 0.1) is 13.8 Å². The van der Waals surface area contributed by atoms with E-state index in [1.165, 1.54) is 11.1 Å². The van der Waals surface area contributed by atoms with E-state index in [2.05, 4.69) is 32.9 Å². The van der Waals surface area contributed by atoms with Gasteiger partial charge < -0.3 is 5.73 Å². The molecule has 2 N–H and O–H groups in total. The summed E-state index contributed by atoms with van der Waals surface area (Å²) in [6, 6.07) is 6.16. The van der Waals surface area contributed by atoms with Crippen molar-refractivity contribution in [3.05, 3.63) is 34.9 Å². The second kappa shape index (κ2) is 5.46. The van der Waals surface area contributed by atoms with Crippen LogP contribution in [0.15, 0.2) is 18.2 Å². The number of Topliss-reactive ketones (excluding diaryl/α,β-unsaturated/α-hetero) is 1. The molecule has 0 amide bonds. The molecular formula is C15H23NO. The summed E-state index contributed by atoms with van der Waals surface area (Å²) in [6.07, 6.45) is 2.12. The summed E-state index contributed by atoms with van der Waals surface area (Å²) in [5.74, 6) is 0.127. The number of carbonyl (C=O) groups excluding carboxylic acids is 1. The van der Waals surface area contributed by atoms with Crippen LogP contribution in [0.3, 0.4) is 0 Å². The molecule has 0 aromatic heterocycles. The van der Waals surface area contributed by atoms with E-state index < -0.39 is 5.54 Å². The van der Waals surface area contributed by atoms with Crippen LogP contribution in [0.2, 0.25) is 0 Å². The van der Waals surface area contributed by atoms with Gasteiger partial charge in [-0.1, -0.05) is 31.5 Å². The van der Waals surface area contributed by atoms with Crippen molar-refractivity contribution in [3.8, 4) is 0 Å². The fourth-order valence-corrected chi connectivity index (χ4v) is 1.96. The minimum atomic E-state index is -0.687. The fraction of sp³-hybridized carbons (Fsp3) is 0.533. The van der Waals surface area contributed by atoms with Gasteiger partial charge in [0.05, 0.1) is 5.54 Å². The summed E-state index contributed by atoms with van der Waals surface area (Å²) >= 11 is 0. The largest absolute Gasteiger partial charge is 0.319 e. The Hall–Kier alpha value is -1.15. The third-order valence-electron chi connectivity index (χ3n) is 3.34. The van der Waals surface area contributed by atoms with Crippen molar-refractivity contribution in [1.82, 2.24) is 0 Å². The summed E-state index contributed by atoms with van der Waals surface area (Å²) in [6.45, 7) is 8.02. The zero-order chi connectivity index (χ0) is 13.1. The standard InChI is InChI=1S/C15H23NO/c1-5-8-15(4,16)14(17)10-13-7-6-11(2)12(3)9-13/h6-7,9H,5,8,10,16H2,1-4H3. The quantitative estimate of drug-likeness (QED) is 0.849. The summed E-state index contributed by atoms with van der Waals surface area (Å²) in [5, 5.41) is 0. The van der Waals surface area contributed by atoms with Gasteiger partial charge in [-0.05, 0) is 43.9 Å². The zero-order valence-electron chi connectivity index (χ0n) is 11.3. The van der Waals surface area contributed by atoms with Crippen LogP contribution in [0.4, 0.5) is 0 Å². The normalized spacial score (nSPS) is 14.4. The van der Waals surface area contributed by atoms with E-state index in [4.69, 9.17) is 5.73 Å². The maximum absolute atomic E-state index is 12.1. The molecule has 2 nitrogen and oxygen atoms in total. The molecule has 0 saturated carbocycles. The molecule has 17 heavy (non-hydrogen) atoms. The highest BCUT2D eigenvalue weighted by atomic mass is 16.1. The van der Waals surface area contributed by atoms with Crippen LogP contribution in [-0.4, -0.2) is 11.3 Å². The van der Waals surface area contributed by atoms with Crippen molar-refractivity contribution in [2.45, 2.75) is 52.5 Å². The molecule has 94 valence electrons. The second-order valence-corrected chi connectivity index (χ2v) is 5.19. The zero-order valence-corrected chi connectivity index (χ0v) is 11.3. The number of rotatable bonds is 5. The first-order valence-electron chi connectivity index (χ1n) is 6.25. The van der Waals surface area contributed by atoms with Gasteiger partial charge in [0.25, 0.3) is 0 Å². The molecule has 1 atom stereocenters. The highest BCUT2D eigenvalue weighted by Gasteiger charge is 2.26. The molecule has 2 heteroatoms. The second-order valence-electron chi connectivity index (χ2n) is 5.19. The maximum atomic E-state index is 12.1. The van der Waals surface area contributed by atoms with E-state index in [0.29, 0.717) is 6.42 Å². The third-order valence-corrected chi connectivity index (χ3v) is 3.34. The van der Waals surface area contributed by atoms with Crippen molar-refractivity contribution in [1.29, 1.82) is 0 Å². The van der Waals surface area contributed by atoms with Crippen LogP contribution in [0.1, 0.15) is 43.4 Å². The predicted molar refractivity (Wildman–Crippen MR) is 72.1 cm³/mol. The Bertz CT molecular complexity index is 407. The number of carbonyl (C=O) groups is 1. The molecule has 0 spiro atoms. The van der Waals surface area contributed by atoms with E-state index >= 15 is 0 Å². The SMILES string of the molecule is CCCC(C)(N)C(=O)Cc1ccc(C)c(C)c1. The summed E-state index contributed by atoms with van der Waals surface area (Å²) in [4.78, 5) is 12.1. The molecule has 0 aliphatic carbocycles. The number of aryl methyl sites for hydroxylation is 2. The Balaban J connectivity index is 2.77. The first-order valence-corrected chi connectivity index (χ1v) is 6.25. The smallest absolute Gasteiger partial charge is 0.156 e. The lowest BCUT2D eigenvalue weighted by molar-refractivity contribution is -0.123. The van der Waals surface area contributed by atoms with E-state index in [-0.39, 0.29) is 5.78 Å². The molecular weight excluding hydrogens is 210 g/mol. The maximum Gasteiger partial charge on any atom is 0.156 e. The van der Waals surface area contributed by atoms with Gasteiger partial charge in [0, 0.05) is 6.42 Å². The van der Waals surface area contributed by atoms with Gasteiger partial charge in [-0.3, -0.25) is 4.79 Å². The molecule has 1 unspecified atom stereocenters. The van der Waals surface area contributed by atoms with E-state index in [1.54, 1.807) is 0 Å². The Morgan fingerprint density at radius 3 is 2.47 bits per heavy atom. The first kappa shape index (κ1) is 13.9. The molecule has 0 aliphatic heterocycles. The molecule has 1 aromatic rings. The van der Waals surface area contributed by atoms with Gasteiger partial charge in [-0.15, -0.1) is 0 Å². The lowest BCUT2D eigenvalue weighted by atomic mass is 9.88. The monoisotopic (exact) mass is 233 g/mol. The van der Waals surface area contributed by atoms with Crippen LogP contribution >= 0.6 is 0 Å². The number of nitrogens with two attached hydrogens (primary N) is 1. The van der Waals surface area contributed by atoms with Crippen molar-refractivity contribution < 1.29 is 4.79 Å². The topological polar surface area (TPSA) is 43.1 Å². The Kier molecular flexibility index (Phi) is 4.47. The van der Waals surface area contributed by atoms with E-state index in [1.807, 2.05) is 13.0 Å². The lowest BCUT2D eigenvalue weighted by Crippen LogP contribution is -2.45. The molecule has 0 radical (unpaired) electrons. The Morgan fingerprint density at radius 2 is 1.94 bits per heavy atom. The third kappa shape index (κ3) is 3.67. The molecule has 1 rings (SSSR count). The minimum absolute atomic E-state index is 0.127. The van der Waals surface area contributed by atoms with Crippen LogP contribution < -0.4 is 5.73 Å². The molecule has 0 fully saturated rings. The van der Waals surface area contributed by atoms with Gasteiger partial charge in [0.1, 0.15) is 0 Å². The van der Waals surface area contributed by atoms with Crippen molar-refractivity contribution in [3.63, 3.8) is 0 Å². The molecule has 0 aliphatic rings. The number of hydrogen-bond donors (Lipinski definition) is 1. The van der Waals surface area contributed by atoms with Crippen molar-refractivity contribution >= 4 is 5.78 Å². The van der Waals surface area contributed by atoms with Crippen LogP contribution in [0.5, 0.6) is 0 Å². The van der Waals surface area contributed by atoms with E-state index in [9.17, 15) is 4.79 Å². The van der Waals surface area contributed by atoms with E-state index in [0.717, 1.165) is 18.4 Å². The Morgan fingerprint density at radius 1 is 1.29 bits per heavy atom. The van der Waals surface area contributed by atoms with Gasteiger partial charge in [-0.25, -0.2) is 0 Å². The average molecular weight is 233 g/mol. The molecule has 1 aromatic carbocycles. The Labute approximate surface area is 104 Å². The number of benzene rings is 1. The average Bonchev–Trinajstić information content (AvgIpc) is 2.23. The summed E-state index contributed by atoms with van der Waals surface area (Å²) in [7, 11) is 0. The highest BCUT2D eigenvalue weighted by Crippen LogP contribution is 2.16. The lowest BCUT2D eigenvalue weighted by Gasteiger charge is -2.22. The van der Waals surface area contributed by atoms with Gasteiger partial charge in [0.15, 0.2) is 5.78 Å².